The Hall–Kier alpha value is -0.660. The summed E-state index contributed by atoms with van der Waals surface area (Å²) >= 11 is 0. The molecule has 3 rings (SSSR count). The number of carboxylic acids is 1. The van der Waals surface area contributed by atoms with Crippen LogP contribution in [-0.4, -0.2) is 54.8 Å². The Morgan fingerprint density at radius 3 is 2.52 bits per heavy atom. The molecule has 3 saturated heterocycles. The number of hydrogen-bond donors (Lipinski definition) is 1. The fraction of sp³-hybridized carbons (Fsp3) is 0.929. The van der Waals surface area contributed by atoms with Gasteiger partial charge in [-0.25, -0.2) is 8.42 Å². The number of carboxylic acid groups (broad SMARTS) is 1. The second kappa shape index (κ2) is 5.85. The van der Waals surface area contributed by atoms with E-state index in [-0.39, 0.29) is 17.8 Å². The van der Waals surface area contributed by atoms with Crippen LogP contribution < -0.4 is 0 Å². The number of sulfonamides is 1. The molecule has 0 aliphatic carbocycles. The normalized spacial score (nSPS) is 34.4. The third kappa shape index (κ3) is 2.96. The van der Waals surface area contributed by atoms with Gasteiger partial charge in [0.1, 0.15) is 0 Å². The summed E-state index contributed by atoms with van der Waals surface area (Å²) in [6, 6.07) is -0.400. The molecule has 7 heteroatoms. The highest BCUT2D eigenvalue weighted by Gasteiger charge is 2.53. The maximum Gasteiger partial charge on any atom is 0.308 e. The smallest absolute Gasteiger partial charge is 0.308 e. The largest absolute Gasteiger partial charge is 0.481 e. The van der Waals surface area contributed by atoms with Crippen molar-refractivity contribution in [2.45, 2.75) is 50.6 Å². The first kappa shape index (κ1) is 15.2. The van der Waals surface area contributed by atoms with Crippen molar-refractivity contribution in [3.63, 3.8) is 0 Å². The number of carbonyl (C=O) groups is 1. The summed E-state index contributed by atoms with van der Waals surface area (Å²) in [7, 11) is -3.33. The Morgan fingerprint density at radius 1 is 1.19 bits per heavy atom. The van der Waals surface area contributed by atoms with Gasteiger partial charge in [0.15, 0.2) is 0 Å². The fourth-order valence-corrected chi connectivity index (χ4v) is 6.25. The van der Waals surface area contributed by atoms with Gasteiger partial charge in [-0.3, -0.25) is 4.79 Å². The van der Waals surface area contributed by atoms with Crippen LogP contribution in [0.5, 0.6) is 0 Å². The van der Waals surface area contributed by atoms with E-state index in [1.807, 2.05) is 0 Å². The van der Waals surface area contributed by atoms with Crippen molar-refractivity contribution in [1.29, 1.82) is 0 Å². The number of ether oxygens (including phenoxy) is 1. The van der Waals surface area contributed by atoms with Gasteiger partial charge >= 0.3 is 5.97 Å². The second-order valence-electron chi connectivity index (χ2n) is 6.47. The topological polar surface area (TPSA) is 83.9 Å². The molecule has 2 bridgehead atoms. The Balaban J connectivity index is 1.63. The first-order valence-electron chi connectivity index (χ1n) is 7.81. The quantitative estimate of drug-likeness (QED) is 0.820. The molecule has 21 heavy (non-hydrogen) atoms. The maximum absolute atomic E-state index is 12.6. The van der Waals surface area contributed by atoms with Gasteiger partial charge in [0.2, 0.25) is 10.0 Å². The van der Waals surface area contributed by atoms with E-state index in [1.165, 1.54) is 4.31 Å². The standard InChI is InChI=1S/C14H23NO5S/c16-14(17)12-9-11-1-2-13(12)15(11)21(18,19)8-5-10-3-6-20-7-4-10/h10-13H,1-9H2,(H,16,17). The molecule has 0 radical (unpaired) electrons. The minimum absolute atomic E-state index is 0.0872. The zero-order valence-corrected chi connectivity index (χ0v) is 12.9. The van der Waals surface area contributed by atoms with E-state index >= 15 is 0 Å². The highest BCUT2D eigenvalue weighted by molar-refractivity contribution is 7.89. The zero-order valence-electron chi connectivity index (χ0n) is 12.1. The van der Waals surface area contributed by atoms with Gasteiger partial charge in [0.25, 0.3) is 0 Å². The lowest BCUT2D eigenvalue weighted by Gasteiger charge is -2.25. The van der Waals surface area contributed by atoms with Crippen molar-refractivity contribution >= 4 is 16.0 Å². The number of rotatable bonds is 5. The van der Waals surface area contributed by atoms with Crippen LogP contribution in [0.3, 0.4) is 0 Å². The fourth-order valence-electron chi connectivity index (χ4n) is 4.09. The van der Waals surface area contributed by atoms with E-state index in [0.29, 0.717) is 25.2 Å². The average Bonchev–Trinajstić information content (AvgIpc) is 3.05. The van der Waals surface area contributed by atoms with Crippen molar-refractivity contribution < 1.29 is 23.1 Å². The van der Waals surface area contributed by atoms with E-state index in [0.717, 1.165) is 32.5 Å². The van der Waals surface area contributed by atoms with E-state index in [2.05, 4.69) is 0 Å². The Labute approximate surface area is 125 Å². The third-order valence-corrected chi connectivity index (χ3v) is 7.20. The first-order valence-corrected chi connectivity index (χ1v) is 9.41. The van der Waals surface area contributed by atoms with Crippen molar-refractivity contribution in [2.24, 2.45) is 11.8 Å². The predicted octanol–water partition coefficient (Wildman–Crippen LogP) is 1.07. The highest BCUT2D eigenvalue weighted by atomic mass is 32.2. The number of nitrogens with zero attached hydrogens (tertiary/aromatic N) is 1. The molecule has 3 aliphatic heterocycles. The van der Waals surface area contributed by atoms with Crippen molar-refractivity contribution in [3.8, 4) is 0 Å². The summed E-state index contributed by atoms with van der Waals surface area (Å²) in [5.74, 6) is -0.797. The molecule has 0 aromatic rings. The first-order chi connectivity index (χ1) is 9.99. The average molecular weight is 317 g/mol. The highest BCUT2D eigenvalue weighted by Crippen LogP contribution is 2.44. The molecule has 120 valence electrons. The van der Waals surface area contributed by atoms with Crippen LogP contribution in [0.2, 0.25) is 0 Å². The van der Waals surface area contributed by atoms with E-state index in [4.69, 9.17) is 4.74 Å². The molecule has 1 N–H and O–H groups in total. The molecule has 3 fully saturated rings. The Bertz CT molecular complexity index is 499. The molecular formula is C14H23NO5S. The summed E-state index contributed by atoms with van der Waals surface area (Å²) in [6.45, 7) is 1.45. The molecule has 0 saturated carbocycles. The van der Waals surface area contributed by atoms with Gasteiger partial charge < -0.3 is 9.84 Å². The SMILES string of the molecule is O=C(O)C1CC2CCC1N2S(=O)(=O)CCC1CCOCC1. The summed E-state index contributed by atoms with van der Waals surface area (Å²) < 4.78 is 32.0. The third-order valence-electron chi connectivity index (χ3n) is 5.24. The summed E-state index contributed by atoms with van der Waals surface area (Å²) in [5, 5.41) is 9.22. The Morgan fingerprint density at radius 2 is 1.90 bits per heavy atom. The van der Waals surface area contributed by atoms with E-state index in [9.17, 15) is 18.3 Å². The lowest BCUT2D eigenvalue weighted by atomic mass is 9.89. The predicted molar refractivity (Wildman–Crippen MR) is 76.3 cm³/mol. The van der Waals surface area contributed by atoms with Crippen LogP contribution in [-0.2, 0) is 19.6 Å². The molecule has 6 nitrogen and oxygen atoms in total. The van der Waals surface area contributed by atoms with Crippen LogP contribution in [0.25, 0.3) is 0 Å². The lowest BCUT2D eigenvalue weighted by molar-refractivity contribution is -0.142. The second-order valence-corrected chi connectivity index (χ2v) is 8.46. The van der Waals surface area contributed by atoms with Crippen molar-refractivity contribution in [2.75, 3.05) is 19.0 Å². The van der Waals surface area contributed by atoms with Crippen LogP contribution in [0, 0.1) is 11.8 Å². The minimum Gasteiger partial charge on any atom is -0.481 e. The molecule has 3 unspecified atom stereocenters. The van der Waals surface area contributed by atoms with Crippen LogP contribution in [0.15, 0.2) is 0 Å². The van der Waals surface area contributed by atoms with Gasteiger partial charge in [0.05, 0.1) is 11.7 Å². The summed E-state index contributed by atoms with van der Waals surface area (Å²) in [4.78, 5) is 11.2. The van der Waals surface area contributed by atoms with E-state index < -0.39 is 21.9 Å². The monoisotopic (exact) mass is 317 g/mol. The minimum atomic E-state index is -3.33. The van der Waals surface area contributed by atoms with Gasteiger partial charge in [-0.15, -0.1) is 0 Å². The maximum atomic E-state index is 12.6. The lowest BCUT2D eigenvalue weighted by Crippen LogP contribution is -2.39. The summed E-state index contributed by atoms with van der Waals surface area (Å²) in [6.07, 6.45) is 4.51. The van der Waals surface area contributed by atoms with Crippen LogP contribution >= 0.6 is 0 Å². The molecule has 3 aliphatic rings. The van der Waals surface area contributed by atoms with E-state index in [1.54, 1.807) is 0 Å². The molecule has 0 amide bonds. The molecule has 3 heterocycles. The van der Waals surface area contributed by atoms with Crippen molar-refractivity contribution in [1.82, 2.24) is 4.31 Å². The number of hydrogen-bond acceptors (Lipinski definition) is 4. The van der Waals surface area contributed by atoms with Crippen LogP contribution in [0.1, 0.15) is 38.5 Å². The van der Waals surface area contributed by atoms with Gasteiger partial charge in [0, 0.05) is 25.3 Å². The Kier molecular flexibility index (Phi) is 4.25. The van der Waals surface area contributed by atoms with Crippen LogP contribution in [0.4, 0.5) is 0 Å². The molecule has 0 aromatic heterocycles. The summed E-state index contributed by atoms with van der Waals surface area (Å²) in [5.41, 5.74) is 0. The van der Waals surface area contributed by atoms with Crippen molar-refractivity contribution in [3.05, 3.63) is 0 Å². The van der Waals surface area contributed by atoms with Gasteiger partial charge in [-0.2, -0.15) is 4.31 Å². The number of fused-ring (bicyclic) bond motifs is 2. The molecule has 0 spiro atoms. The van der Waals surface area contributed by atoms with Gasteiger partial charge in [-0.1, -0.05) is 0 Å². The molecule has 0 aromatic carbocycles. The van der Waals surface area contributed by atoms with Gasteiger partial charge in [-0.05, 0) is 44.4 Å². The molecule has 3 atom stereocenters. The number of aliphatic carboxylic acids is 1. The molecular weight excluding hydrogens is 294 g/mol. The zero-order chi connectivity index (χ0) is 15.0.